The van der Waals surface area contributed by atoms with Crippen LogP contribution in [0.15, 0.2) is 41.1 Å². The van der Waals surface area contributed by atoms with Crippen molar-refractivity contribution in [2.45, 2.75) is 25.4 Å². The van der Waals surface area contributed by atoms with Crippen molar-refractivity contribution in [1.82, 2.24) is 10.2 Å². The minimum absolute atomic E-state index is 0.123. The maximum atomic E-state index is 12.5. The van der Waals surface area contributed by atoms with E-state index in [4.69, 9.17) is 0 Å². The minimum atomic E-state index is -0.558. The number of carbonyl (C=O) groups excluding carboxylic acids is 2. The van der Waals surface area contributed by atoms with Gasteiger partial charge in [-0.1, -0.05) is 6.07 Å². The predicted octanol–water partition coefficient (Wildman–Crippen LogP) is 2.58. The standard InChI is InChI=1S/C17H17N3O4S/c21-16(19(14-4-5-14)10-12-6-7-25-11-12)9-18-17(22)13-2-1-3-15(8-13)20(23)24/h1-3,6-8,11,14H,4-5,9-10H2,(H,18,22). The van der Waals surface area contributed by atoms with E-state index in [9.17, 15) is 19.7 Å². The first-order chi connectivity index (χ1) is 12.0. The normalized spacial score (nSPS) is 13.3. The molecule has 7 nitrogen and oxygen atoms in total. The third kappa shape index (κ3) is 4.42. The van der Waals surface area contributed by atoms with Crippen LogP contribution >= 0.6 is 11.3 Å². The molecule has 1 aromatic heterocycles. The number of nitro groups is 1. The minimum Gasteiger partial charge on any atom is -0.343 e. The molecule has 0 bridgehead atoms. The fraction of sp³-hybridized carbons (Fsp3) is 0.294. The summed E-state index contributed by atoms with van der Waals surface area (Å²) in [6.07, 6.45) is 1.96. The van der Waals surface area contributed by atoms with Crippen LogP contribution in [0.25, 0.3) is 0 Å². The summed E-state index contributed by atoms with van der Waals surface area (Å²) in [5.74, 6) is -0.643. The van der Waals surface area contributed by atoms with Crippen LogP contribution in [0.1, 0.15) is 28.8 Å². The molecule has 130 valence electrons. The summed E-state index contributed by atoms with van der Waals surface area (Å²) in [4.78, 5) is 36.6. The highest BCUT2D eigenvalue weighted by atomic mass is 32.1. The summed E-state index contributed by atoms with van der Waals surface area (Å²) in [6.45, 7) is 0.418. The first-order valence-electron chi connectivity index (χ1n) is 7.88. The molecule has 0 radical (unpaired) electrons. The SMILES string of the molecule is O=C(NCC(=O)N(Cc1ccsc1)C1CC1)c1cccc([N+](=O)[O-])c1. The smallest absolute Gasteiger partial charge is 0.270 e. The van der Waals surface area contributed by atoms with Gasteiger partial charge in [-0.3, -0.25) is 19.7 Å². The molecule has 0 spiro atoms. The van der Waals surface area contributed by atoms with E-state index < -0.39 is 10.8 Å². The van der Waals surface area contributed by atoms with E-state index in [1.165, 1.54) is 24.3 Å². The molecular formula is C17H17N3O4S. The van der Waals surface area contributed by atoms with Gasteiger partial charge in [0.1, 0.15) is 0 Å². The monoisotopic (exact) mass is 359 g/mol. The average molecular weight is 359 g/mol. The van der Waals surface area contributed by atoms with Crippen LogP contribution in [0.2, 0.25) is 0 Å². The van der Waals surface area contributed by atoms with Crippen molar-refractivity contribution < 1.29 is 14.5 Å². The molecule has 0 unspecified atom stereocenters. The van der Waals surface area contributed by atoms with E-state index in [0.29, 0.717) is 6.54 Å². The zero-order chi connectivity index (χ0) is 17.8. The van der Waals surface area contributed by atoms with E-state index in [0.717, 1.165) is 18.4 Å². The van der Waals surface area contributed by atoms with Crippen LogP contribution < -0.4 is 5.32 Å². The zero-order valence-corrected chi connectivity index (χ0v) is 14.2. The number of rotatable bonds is 7. The molecule has 2 amide bonds. The van der Waals surface area contributed by atoms with E-state index >= 15 is 0 Å². The van der Waals surface area contributed by atoms with Crippen molar-refractivity contribution in [3.63, 3.8) is 0 Å². The van der Waals surface area contributed by atoms with Crippen molar-refractivity contribution in [1.29, 1.82) is 0 Å². The Morgan fingerprint density at radius 3 is 2.76 bits per heavy atom. The Bertz CT molecular complexity index is 787. The highest BCUT2D eigenvalue weighted by Gasteiger charge is 2.32. The van der Waals surface area contributed by atoms with Gasteiger partial charge in [0, 0.05) is 30.3 Å². The summed E-state index contributed by atoms with van der Waals surface area (Å²) in [5, 5.41) is 17.3. The van der Waals surface area contributed by atoms with Gasteiger partial charge in [0.25, 0.3) is 11.6 Å². The van der Waals surface area contributed by atoms with Gasteiger partial charge in [-0.15, -0.1) is 0 Å². The maximum absolute atomic E-state index is 12.5. The van der Waals surface area contributed by atoms with Crippen LogP contribution in [0.5, 0.6) is 0 Å². The van der Waals surface area contributed by atoms with Crippen molar-refractivity contribution in [3.8, 4) is 0 Å². The maximum Gasteiger partial charge on any atom is 0.270 e. The lowest BCUT2D eigenvalue weighted by Gasteiger charge is -2.22. The molecule has 1 heterocycles. The molecule has 1 N–H and O–H groups in total. The Kier molecular flexibility index (Phi) is 5.08. The lowest BCUT2D eigenvalue weighted by atomic mass is 10.2. The predicted molar refractivity (Wildman–Crippen MR) is 93.3 cm³/mol. The van der Waals surface area contributed by atoms with Gasteiger partial charge in [-0.25, -0.2) is 0 Å². The molecule has 1 aliphatic rings. The average Bonchev–Trinajstić information content (AvgIpc) is 3.33. The molecule has 0 aliphatic heterocycles. The molecular weight excluding hydrogens is 342 g/mol. The Hall–Kier alpha value is -2.74. The van der Waals surface area contributed by atoms with Crippen LogP contribution in [-0.2, 0) is 11.3 Å². The number of thiophene rings is 1. The van der Waals surface area contributed by atoms with Crippen molar-refractivity contribution in [2.75, 3.05) is 6.54 Å². The van der Waals surface area contributed by atoms with Gasteiger partial charge in [0.15, 0.2) is 0 Å². The first-order valence-corrected chi connectivity index (χ1v) is 8.82. The lowest BCUT2D eigenvalue weighted by molar-refractivity contribution is -0.384. The summed E-state index contributed by atoms with van der Waals surface area (Å²) < 4.78 is 0. The number of amides is 2. The largest absolute Gasteiger partial charge is 0.343 e. The molecule has 2 aromatic rings. The molecule has 3 rings (SSSR count). The number of non-ortho nitro benzene ring substituents is 1. The van der Waals surface area contributed by atoms with Crippen molar-refractivity contribution >= 4 is 28.8 Å². The second-order valence-corrected chi connectivity index (χ2v) is 6.65. The topological polar surface area (TPSA) is 92.6 Å². The number of benzene rings is 1. The molecule has 0 atom stereocenters. The highest BCUT2D eigenvalue weighted by Crippen LogP contribution is 2.28. The molecule has 8 heteroatoms. The number of hydrogen-bond acceptors (Lipinski definition) is 5. The second-order valence-electron chi connectivity index (χ2n) is 5.87. The van der Waals surface area contributed by atoms with Crippen molar-refractivity contribution in [3.05, 3.63) is 62.3 Å². The molecule has 1 saturated carbocycles. The Labute approximate surface area is 148 Å². The van der Waals surface area contributed by atoms with Gasteiger partial charge < -0.3 is 10.2 Å². The lowest BCUT2D eigenvalue weighted by Crippen LogP contribution is -2.41. The van der Waals surface area contributed by atoms with Crippen LogP contribution in [0.3, 0.4) is 0 Å². The Balaban J connectivity index is 1.59. The van der Waals surface area contributed by atoms with Crippen LogP contribution in [-0.4, -0.2) is 34.2 Å². The molecule has 1 aliphatic carbocycles. The zero-order valence-electron chi connectivity index (χ0n) is 13.4. The third-order valence-electron chi connectivity index (χ3n) is 3.96. The van der Waals surface area contributed by atoms with Crippen molar-refractivity contribution in [2.24, 2.45) is 0 Å². The number of carbonyl (C=O) groups is 2. The third-order valence-corrected chi connectivity index (χ3v) is 4.69. The Morgan fingerprint density at radius 1 is 1.32 bits per heavy atom. The van der Waals surface area contributed by atoms with Crippen LogP contribution in [0, 0.1) is 10.1 Å². The number of nitrogens with one attached hydrogen (secondary N) is 1. The fourth-order valence-corrected chi connectivity index (χ4v) is 3.17. The molecule has 25 heavy (non-hydrogen) atoms. The summed E-state index contributed by atoms with van der Waals surface area (Å²) >= 11 is 1.58. The molecule has 0 saturated heterocycles. The number of nitro benzene ring substituents is 1. The van der Waals surface area contributed by atoms with Gasteiger partial charge in [0.2, 0.25) is 5.91 Å². The van der Waals surface area contributed by atoms with Gasteiger partial charge in [0.05, 0.1) is 11.5 Å². The fourth-order valence-electron chi connectivity index (χ4n) is 2.51. The van der Waals surface area contributed by atoms with E-state index in [2.05, 4.69) is 5.32 Å². The van der Waals surface area contributed by atoms with E-state index in [1.807, 2.05) is 16.8 Å². The van der Waals surface area contributed by atoms with Gasteiger partial charge in [-0.2, -0.15) is 11.3 Å². The Morgan fingerprint density at radius 2 is 2.12 bits per heavy atom. The van der Waals surface area contributed by atoms with Gasteiger partial charge in [-0.05, 0) is 41.3 Å². The quantitative estimate of drug-likeness (QED) is 0.607. The van der Waals surface area contributed by atoms with E-state index in [1.54, 1.807) is 16.2 Å². The molecule has 1 aromatic carbocycles. The summed E-state index contributed by atoms with van der Waals surface area (Å²) in [7, 11) is 0. The molecule has 1 fully saturated rings. The van der Waals surface area contributed by atoms with Crippen LogP contribution in [0.4, 0.5) is 5.69 Å². The number of hydrogen-bond donors (Lipinski definition) is 1. The summed E-state index contributed by atoms with van der Waals surface area (Å²) in [6, 6.07) is 7.66. The number of nitrogens with zero attached hydrogens (tertiary/aromatic N) is 2. The first kappa shape index (κ1) is 17.1. The second kappa shape index (κ2) is 7.43. The van der Waals surface area contributed by atoms with E-state index in [-0.39, 0.29) is 29.7 Å². The van der Waals surface area contributed by atoms with Gasteiger partial charge >= 0.3 is 0 Å². The highest BCUT2D eigenvalue weighted by molar-refractivity contribution is 7.07. The summed E-state index contributed by atoms with van der Waals surface area (Å²) in [5.41, 5.74) is 1.09.